The number of nitrogens with zero attached hydrogens (tertiary/aromatic N) is 4. The zero-order valence-corrected chi connectivity index (χ0v) is 20.9. The minimum absolute atomic E-state index is 0.00864. The fourth-order valence-corrected chi connectivity index (χ4v) is 4.55. The summed E-state index contributed by atoms with van der Waals surface area (Å²) in [6.45, 7) is -2.89. The number of carbonyl (C=O) groups is 1. The summed E-state index contributed by atoms with van der Waals surface area (Å²) in [6.07, 6.45) is 4.69. The van der Waals surface area contributed by atoms with Gasteiger partial charge in [0.1, 0.15) is 5.75 Å². The van der Waals surface area contributed by atoms with Crippen molar-refractivity contribution in [3.8, 4) is 11.9 Å². The highest BCUT2D eigenvalue weighted by Crippen LogP contribution is 2.29. The number of benzene rings is 2. The summed E-state index contributed by atoms with van der Waals surface area (Å²) in [5.41, 5.74) is 6.68. The maximum atomic E-state index is 13.1. The number of halogens is 4. The first kappa shape index (κ1) is 26.6. The van der Waals surface area contributed by atoms with Crippen LogP contribution in [0, 0.1) is 11.5 Å². The van der Waals surface area contributed by atoms with E-state index in [0.717, 1.165) is 12.8 Å². The first-order chi connectivity index (χ1) is 17.7. The third-order valence-corrected chi connectivity index (χ3v) is 6.81. The van der Waals surface area contributed by atoms with Gasteiger partial charge in [-0.1, -0.05) is 48.2 Å². The predicted octanol–water partition coefficient (Wildman–Crippen LogP) is 4.13. The van der Waals surface area contributed by atoms with Crippen molar-refractivity contribution in [1.82, 2.24) is 15.6 Å². The summed E-state index contributed by atoms with van der Waals surface area (Å²) in [4.78, 5) is 17.5. The standard InChI is InChI=1S/C24H23Cl2F2N7O2/c25-17-7-6-14(10-18(17)26)20-19(33-21(36)24(30)8-1-2-9-24)12-35(34-20)23(31-13-29)32-15-4-3-5-16(11-15)37-22(27)28/h3-7,10-11,19,22H,1-2,8-9,12,30H2,(H,31,32)(H,33,36). The fourth-order valence-electron chi connectivity index (χ4n) is 4.25. The Morgan fingerprint density at radius 3 is 2.68 bits per heavy atom. The Bertz CT molecular complexity index is 1280. The Kier molecular flexibility index (Phi) is 8.12. The topological polar surface area (TPSA) is 128 Å². The molecule has 0 spiro atoms. The fraction of sp³-hybridized carbons (Fsp3) is 0.333. The van der Waals surface area contributed by atoms with Crippen LogP contribution in [0.4, 0.5) is 14.5 Å². The van der Waals surface area contributed by atoms with Crippen LogP contribution in [0.15, 0.2) is 52.6 Å². The SMILES string of the molecule is N#CNC(=Nc1cccc(OC(F)F)c1)N1CC(NC(=O)C2(N)CCCC2)C(c2ccc(Cl)c(Cl)c2)=N1. The van der Waals surface area contributed by atoms with E-state index in [0.29, 0.717) is 34.2 Å². The first-order valence-electron chi connectivity index (χ1n) is 11.4. The van der Waals surface area contributed by atoms with Crippen molar-refractivity contribution >= 4 is 46.5 Å². The second-order valence-corrected chi connectivity index (χ2v) is 9.45. The van der Waals surface area contributed by atoms with Gasteiger partial charge in [-0.3, -0.25) is 10.1 Å². The van der Waals surface area contributed by atoms with Gasteiger partial charge in [0, 0.05) is 11.6 Å². The molecule has 2 aliphatic rings. The second-order valence-electron chi connectivity index (χ2n) is 8.63. The Balaban J connectivity index is 1.67. The normalized spacial score (nSPS) is 18.9. The molecule has 9 nitrogen and oxygen atoms in total. The molecule has 1 amide bonds. The lowest BCUT2D eigenvalue weighted by molar-refractivity contribution is -0.126. The quantitative estimate of drug-likeness (QED) is 0.215. The minimum Gasteiger partial charge on any atom is -0.435 e. The van der Waals surface area contributed by atoms with E-state index in [1.54, 1.807) is 30.5 Å². The summed E-state index contributed by atoms with van der Waals surface area (Å²) in [6, 6.07) is 10.0. The van der Waals surface area contributed by atoms with Gasteiger partial charge in [0.25, 0.3) is 0 Å². The molecule has 0 radical (unpaired) electrons. The highest BCUT2D eigenvalue weighted by molar-refractivity contribution is 6.42. The number of carbonyl (C=O) groups excluding carboxylic acids is 1. The minimum atomic E-state index is -3.00. The van der Waals surface area contributed by atoms with Crippen LogP contribution in [-0.2, 0) is 4.79 Å². The van der Waals surface area contributed by atoms with Crippen LogP contribution < -0.4 is 21.1 Å². The summed E-state index contributed by atoms with van der Waals surface area (Å²) in [5, 5.41) is 21.4. The number of nitriles is 1. The smallest absolute Gasteiger partial charge is 0.387 e. The van der Waals surface area contributed by atoms with E-state index in [4.69, 9.17) is 28.9 Å². The van der Waals surface area contributed by atoms with Crippen LogP contribution in [0.2, 0.25) is 10.0 Å². The number of guanidine groups is 1. The van der Waals surface area contributed by atoms with Crippen molar-refractivity contribution in [2.24, 2.45) is 15.8 Å². The molecule has 1 unspecified atom stereocenters. The molecule has 194 valence electrons. The second kappa shape index (κ2) is 11.3. The molecule has 0 aromatic heterocycles. The number of hydrogen-bond acceptors (Lipinski definition) is 6. The molecular weight excluding hydrogens is 527 g/mol. The molecule has 0 bridgehead atoms. The lowest BCUT2D eigenvalue weighted by Crippen LogP contribution is -2.56. The summed E-state index contributed by atoms with van der Waals surface area (Å²) in [7, 11) is 0. The van der Waals surface area contributed by atoms with Crippen LogP contribution in [0.5, 0.6) is 5.75 Å². The third-order valence-electron chi connectivity index (χ3n) is 6.07. The Labute approximate surface area is 221 Å². The van der Waals surface area contributed by atoms with Crippen molar-refractivity contribution in [1.29, 1.82) is 5.26 Å². The monoisotopic (exact) mass is 549 g/mol. The summed E-state index contributed by atoms with van der Waals surface area (Å²) < 4.78 is 29.7. The van der Waals surface area contributed by atoms with Crippen LogP contribution >= 0.6 is 23.2 Å². The van der Waals surface area contributed by atoms with E-state index in [2.05, 4.69) is 25.5 Å². The molecule has 1 aliphatic carbocycles. The van der Waals surface area contributed by atoms with Crippen LogP contribution in [-0.4, -0.2) is 47.3 Å². The van der Waals surface area contributed by atoms with Gasteiger partial charge in [-0.25, -0.2) is 10.0 Å². The number of nitrogens with two attached hydrogens (primary N) is 1. The van der Waals surface area contributed by atoms with Crippen molar-refractivity contribution in [3.63, 3.8) is 0 Å². The molecule has 0 saturated heterocycles. The molecule has 4 rings (SSSR count). The Morgan fingerprint density at radius 1 is 1.24 bits per heavy atom. The van der Waals surface area contributed by atoms with Gasteiger partial charge in [-0.2, -0.15) is 19.1 Å². The lowest BCUT2D eigenvalue weighted by atomic mass is 9.96. The largest absolute Gasteiger partial charge is 0.435 e. The van der Waals surface area contributed by atoms with Crippen molar-refractivity contribution in [2.45, 2.75) is 43.9 Å². The zero-order valence-electron chi connectivity index (χ0n) is 19.4. The number of hydrazone groups is 1. The average Bonchev–Trinajstić information content (AvgIpc) is 3.48. The molecule has 4 N–H and O–H groups in total. The highest BCUT2D eigenvalue weighted by Gasteiger charge is 2.40. The molecule has 37 heavy (non-hydrogen) atoms. The van der Waals surface area contributed by atoms with Gasteiger partial charge < -0.3 is 15.8 Å². The number of aliphatic imine (C=N–C) groups is 1. The van der Waals surface area contributed by atoms with E-state index in [-0.39, 0.29) is 29.8 Å². The van der Waals surface area contributed by atoms with Crippen LogP contribution in [0.1, 0.15) is 31.2 Å². The maximum Gasteiger partial charge on any atom is 0.387 e. The van der Waals surface area contributed by atoms with E-state index >= 15 is 0 Å². The first-order valence-corrected chi connectivity index (χ1v) is 12.1. The molecule has 1 atom stereocenters. The van der Waals surface area contributed by atoms with E-state index in [1.807, 2.05) is 0 Å². The third kappa shape index (κ3) is 6.28. The number of rotatable bonds is 6. The van der Waals surface area contributed by atoms with E-state index in [9.17, 15) is 18.8 Å². The van der Waals surface area contributed by atoms with E-state index < -0.39 is 18.2 Å². The maximum absolute atomic E-state index is 13.1. The summed E-state index contributed by atoms with van der Waals surface area (Å²) >= 11 is 12.3. The number of ether oxygens (including phenoxy) is 1. The molecule has 2 aromatic rings. The predicted molar refractivity (Wildman–Crippen MR) is 136 cm³/mol. The number of alkyl halides is 2. The Morgan fingerprint density at radius 2 is 2.00 bits per heavy atom. The van der Waals surface area contributed by atoms with Crippen molar-refractivity contribution < 1.29 is 18.3 Å². The van der Waals surface area contributed by atoms with E-state index in [1.165, 1.54) is 23.2 Å². The lowest BCUT2D eigenvalue weighted by Gasteiger charge is -2.25. The molecular formula is C24H23Cl2F2N7O2. The summed E-state index contributed by atoms with van der Waals surface area (Å²) in [5.74, 6) is -0.383. The van der Waals surface area contributed by atoms with Crippen LogP contribution in [0.3, 0.4) is 0 Å². The zero-order chi connectivity index (χ0) is 26.6. The van der Waals surface area contributed by atoms with Crippen LogP contribution in [0.25, 0.3) is 0 Å². The van der Waals surface area contributed by atoms with Crippen molar-refractivity contribution in [2.75, 3.05) is 6.54 Å². The van der Waals surface area contributed by atoms with Gasteiger partial charge in [0.2, 0.25) is 11.9 Å². The number of hydrogen-bond donors (Lipinski definition) is 3. The van der Waals surface area contributed by atoms with Gasteiger partial charge >= 0.3 is 6.61 Å². The molecule has 13 heteroatoms. The average molecular weight is 550 g/mol. The Hall–Kier alpha value is -3.46. The van der Waals surface area contributed by atoms with Gasteiger partial charge in [-0.05, 0) is 37.1 Å². The van der Waals surface area contributed by atoms with Gasteiger partial charge in [0.15, 0.2) is 6.19 Å². The highest BCUT2D eigenvalue weighted by atomic mass is 35.5. The molecule has 1 heterocycles. The van der Waals surface area contributed by atoms with Crippen molar-refractivity contribution in [3.05, 3.63) is 58.1 Å². The molecule has 1 fully saturated rings. The number of nitrogens with one attached hydrogen (secondary N) is 2. The molecule has 2 aromatic carbocycles. The molecule has 1 saturated carbocycles. The number of amides is 1. The van der Waals surface area contributed by atoms with Gasteiger partial charge in [-0.15, -0.1) is 0 Å². The van der Waals surface area contributed by atoms with Gasteiger partial charge in [0.05, 0.1) is 39.6 Å². The molecule has 1 aliphatic heterocycles.